The van der Waals surface area contributed by atoms with E-state index in [1.165, 1.54) is 0 Å². The summed E-state index contributed by atoms with van der Waals surface area (Å²) in [6.45, 7) is 0. The molecule has 0 radical (unpaired) electrons. The molecule has 2 N–H and O–H groups in total. The first-order valence-corrected chi connectivity index (χ1v) is 6.56. The fourth-order valence-corrected chi connectivity index (χ4v) is 2.50. The van der Waals surface area contributed by atoms with Gasteiger partial charge >= 0.3 is 0 Å². The SMILES string of the molecule is O=C(CC1(O)CCCCC1)Nc1cc(F)c(F)cc1F. The zero-order chi connectivity index (χ0) is 14.8. The molecule has 0 aromatic heterocycles. The second-order valence-corrected chi connectivity index (χ2v) is 5.26. The molecule has 0 atom stereocenters. The maximum absolute atomic E-state index is 13.4. The third-order valence-corrected chi connectivity index (χ3v) is 3.56. The van der Waals surface area contributed by atoms with Gasteiger partial charge in [-0.2, -0.15) is 0 Å². The minimum Gasteiger partial charge on any atom is -0.389 e. The van der Waals surface area contributed by atoms with Crippen molar-refractivity contribution in [3.05, 3.63) is 29.6 Å². The number of benzene rings is 1. The zero-order valence-electron chi connectivity index (χ0n) is 10.9. The van der Waals surface area contributed by atoms with Crippen LogP contribution in [0.25, 0.3) is 0 Å². The van der Waals surface area contributed by atoms with E-state index in [-0.39, 0.29) is 6.42 Å². The Morgan fingerprint density at radius 2 is 1.70 bits per heavy atom. The second kappa shape index (κ2) is 5.83. The standard InChI is InChI=1S/C14H16F3NO2/c15-9-6-11(17)12(7-10(9)16)18-13(19)8-14(20)4-2-1-3-5-14/h6-7,20H,1-5,8H2,(H,18,19). The number of amides is 1. The third kappa shape index (κ3) is 3.50. The monoisotopic (exact) mass is 287 g/mol. The molecule has 20 heavy (non-hydrogen) atoms. The summed E-state index contributed by atoms with van der Waals surface area (Å²) in [5, 5.41) is 12.4. The molecule has 0 bridgehead atoms. The van der Waals surface area contributed by atoms with Crippen molar-refractivity contribution in [2.75, 3.05) is 5.32 Å². The van der Waals surface area contributed by atoms with Crippen molar-refractivity contribution in [1.82, 2.24) is 0 Å². The van der Waals surface area contributed by atoms with E-state index < -0.39 is 34.6 Å². The topological polar surface area (TPSA) is 49.3 Å². The average Bonchev–Trinajstić information content (AvgIpc) is 2.36. The van der Waals surface area contributed by atoms with Crippen LogP contribution in [0.5, 0.6) is 0 Å². The van der Waals surface area contributed by atoms with Crippen LogP contribution in [0.4, 0.5) is 18.9 Å². The Kier molecular flexibility index (Phi) is 4.32. The van der Waals surface area contributed by atoms with Gasteiger partial charge in [-0.05, 0) is 12.8 Å². The van der Waals surface area contributed by atoms with Gasteiger partial charge in [0.2, 0.25) is 5.91 Å². The Labute approximate surface area is 114 Å². The molecule has 1 aliphatic rings. The first kappa shape index (κ1) is 14.8. The molecule has 0 aliphatic heterocycles. The van der Waals surface area contributed by atoms with Crippen molar-refractivity contribution < 1.29 is 23.1 Å². The van der Waals surface area contributed by atoms with E-state index >= 15 is 0 Å². The van der Waals surface area contributed by atoms with Gasteiger partial charge in [0.25, 0.3) is 0 Å². The molecule has 0 unspecified atom stereocenters. The highest BCUT2D eigenvalue weighted by Crippen LogP contribution is 2.31. The van der Waals surface area contributed by atoms with Crippen LogP contribution in [0.15, 0.2) is 12.1 Å². The Hall–Kier alpha value is -1.56. The maximum Gasteiger partial charge on any atom is 0.227 e. The maximum atomic E-state index is 13.4. The summed E-state index contributed by atoms with van der Waals surface area (Å²) in [7, 11) is 0. The fourth-order valence-electron chi connectivity index (χ4n) is 2.50. The van der Waals surface area contributed by atoms with E-state index in [4.69, 9.17) is 0 Å². The van der Waals surface area contributed by atoms with E-state index in [0.717, 1.165) is 19.3 Å². The van der Waals surface area contributed by atoms with Crippen molar-refractivity contribution >= 4 is 11.6 Å². The van der Waals surface area contributed by atoms with Crippen LogP contribution in [0, 0.1) is 17.5 Å². The van der Waals surface area contributed by atoms with E-state index in [9.17, 15) is 23.1 Å². The lowest BCUT2D eigenvalue weighted by Gasteiger charge is -2.31. The van der Waals surface area contributed by atoms with Gasteiger partial charge in [-0.25, -0.2) is 13.2 Å². The predicted octanol–water partition coefficient (Wildman–Crippen LogP) is 3.13. The Morgan fingerprint density at radius 1 is 1.10 bits per heavy atom. The summed E-state index contributed by atoms with van der Waals surface area (Å²) < 4.78 is 39.1. The number of aliphatic hydroxyl groups is 1. The van der Waals surface area contributed by atoms with Crippen molar-refractivity contribution in [2.24, 2.45) is 0 Å². The number of carbonyl (C=O) groups is 1. The van der Waals surface area contributed by atoms with Gasteiger partial charge < -0.3 is 10.4 Å². The van der Waals surface area contributed by atoms with Gasteiger partial charge in [0.05, 0.1) is 17.7 Å². The summed E-state index contributed by atoms with van der Waals surface area (Å²) in [5.74, 6) is -4.21. The first-order valence-electron chi connectivity index (χ1n) is 6.56. The third-order valence-electron chi connectivity index (χ3n) is 3.56. The van der Waals surface area contributed by atoms with Crippen LogP contribution in [0.2, 0.25) is 0 Å². The van der Waals surface area contributed by atoms with Crippen LogP contribution >= 0.6 is 0 Å². The second-order valence-electron chi connectivity index (χ2n) is 5.26. The molecule has 1 aliphatic carbocycles. The van der Waals surface area contributed by atoms with Gasteiger partial charge in [0.1, 0.15) is 5.82 Å². The minimum atomic E-state index is -1.31. The summed E-state index contributed by atoms with van der Waals surface area (Å²) in [6, 6.07) is 0.966. The smallest absolute Gasteiger partial charge is 0.227 e. The van der Waals surface area contributed by atoms with E-state index in [1.807, 2.05) is 0 Å². The van der Waals surface area contributed by atoms with Gasteiger partial charge in [0, 0.05) is 12.1 Å². The van der Waals surface area contributed by atoms with Crippen molar-refractivity contribution in [3.8, 4) is 0 Å². The van der Waals surface area contributed by atoms with Crippen LogP contribution in [-0.2, 0) is 4.79 Å². The van der Waals surface area contributed by atoms with Crippen LogP contribution in [-0.4, -0.2) is 16.6 Å². The Balaban J connectivity index is 2.03. The largest absolute Gasteiger partial charge is 0.389 e. The minimum absolute atomic E-state index is 0.175. The fraction of sp³-hybridized carbons (Fsp3) is 0.500. The van der Waals surface area contributed by atoms with E-state index in [0.29, 0.717) is 25.0 Å². The quantitative estimate of drug-likeness (QED) is 0.839. The zero-order valence-corrected chi connectivity index (χ0v) is 10.9. The van der Waals surface area contributed by atoms with Gasteiger partial charge in [-0.3, -0.25) is 4.79 Å². The molecule has 0 saturated heterocycles. The van der Waals surface area contributed by atoms with Crippen molar-refractivity contribution in [3.63, 3.8) is 0 Å². The Morgan fingerprint density at radius 3 is 2.35 bits per heavy atom. The van der Waals surface area contributed by atoms with Crippen LogP contribution in [0.1, 0.15) is 38.5 Å². The summed E-state index contributed by atoms with van der Waals surface area (Å²) >= 11 is 0. The number of halogens is 3. The van der Waals surface area contributed by atoms with Gasteiger partial charge in [-0.15, -0.1) is 0 Å². The molecule has 6 heteroatoms. The Bertz CT molecular complexity index is 513. The molecule has 3 nitrogen and oxygen atoms in total. The molecule has 1 fully saturated rings. The number of anilines is 1. The summed E-state index contributed by atoms with van der Waals surface area (Å²) in [5.41, 5.74) is -1.51. The molecular formula is C14H16F3NO2. The highest BCUT2D eigenvalue weighted by atomic mass is 19.2. The molecular weight excluding hydrogens is 271 g/mol. The van der Waals surface area contributed by atoms with E-state index in [2.05, 4.69) is 5.32 Å². The molecule has 2 rings (SSSR count). The number of rotatable bonds is 3. The average molecular weight is 287 g/mol. The number of hydrogen-bond acceptors (Lipinski definition) is 2. The van der Waals surface area contributed by atoms with Crippen molar-refractivity contribution in [1.29, 1.82) is 0 Å². The molecule has 1 aromatic carbocycles. The van der Waals surface area contributed by atoms with Crippen LogP contribution in [0.3, 0.4) is 0 Å². The predicted molar refractivity (Wildman–Crippen MR) is 67.6 cm³/mol. The highest BCUT2D eigenvalue weighted by molar-refractivity contribution is 5.91. The molecule has 1 aromatic rings. The van der Waals surface area contributed by atoms with Crippen molar-refractivity contribution in [2.45, 2.75) is 44.1 Å². The molecule has 1 saturated carbocycles. The number of hydrogen-bond donors (Lipinski definition) is 2. The molecule has 0 heterocycles. The molecule has 110 valence electrons. The lowest BCUT2D eigenvalue weighted by molar-refractivity contribution is -0.122. The van der Waals surface area contributed by atoms with E-state index in [1.54, 1.807) is 0 Å². The summed E-state index contributed by atoms with van der Waals surface area (Å²) in [4.78, 5) is 11.8. The van der Waals surface area contributed by atoms with Gasteiger partial charge in [0.15, 0.2) is 11.6 Å². The summed E-state index contributed by atoms with van der Waals surface area (Å²) in [6.07, 6.45) is 3.54. The number of nitrogens with one attached hydrogen (secondary N) is 1. The lowest BCUT2D eigenvalue weighted by Crippen LogP contribution is -2.36. The normalized spacial score (nSPS) is 17.8. The highest BCUT2D eigenvalue weighted by Gasteiger charge is 2.31. The van der Waals surface area contributed by atoms with Gasteiger partial charge in [-0.1, -0.05) is 19.3 Å². The number of carbonyl (C=O) groups excluding carboxylic acids is 1. The first-order chi connectivity index (χ1) is 9.39. The van der Waals surface area contributed by atoms with Crippen LogP contribution < -0.4 is 5.32 Å². The molecule has 1 amide bonds. The lowest BCUT2D eigenvalue weighted by atomic mass is 9.82. The molecule has 0 spiro atoms.